The fourth-order valence-electron chi connectivity index (χ4n) is 4.57. The number of amides is 1. The largest absolute Gasteiger partial charge is 0.493 e. The predicted molar refractivity (Wildman–Crippen MR) is 123 cm³/mol. The zero-order chi connectivity index (χ0) is 22.5. The molecule has 0 saturated carbocycles. The molecule has 2 aliphatic rings. The molecule has 174 valence electrons. The van der Waals surface area contributed by atoms with E-state index in [2.05, 4.69) is 32.6 Å². The van der Waals surface area contributed by atoms with Gasteiger partial charge in [-0.25, -0.2) is 0 Å². The van der Waals surface area contributed by atoms with Crippen LogP contribution in [0.25, 0.3) is 0 Å². The fourth-order valence-corrected chi connectivity index (χ4v) is 4.84. The second-order valence-electron chi connectivity index (χ2n) is 9.29. The van der Waals surface area contributed by atoms with Crippen LogP contribution in [0, 0.1) is 5.92 Å². The van der Waals surface area contributed by atoms with Gasteiger partial charge in [0.05, 0.1) is 30.9 Å². The molecule has 3 atom stereocenters. The summed E-state index contributed by atoms with van der Waals surface area (Å²) in [5.41, 5.74) is 0.550. The summed E-state index contributed by atoms with van der Waals surface area (Å²) in [6, 6.07) is 3.68. The maximum Gasteiger partial charge on any atom is 0.254 e. The van der Waals surface area contributed by atoms with Crippen LogP contribution >= 0.6 is 11.6 Å². The van der Waals surface area contributed by atoms with Gasteiger partial charge in [-0.1, -0.05) is 25.4 Å². The number of carbonyl (C=O) groups excluding carboxylic acids is 1. The lowest BCUT2D eigenvalue weighted by atomic mass is 10.1. The van der Waals surface area contributed by atoms with E-state index in [9.17, 15) is 4.79 Å². The molecule has 0 N–H and O–H groups in total. The van der Waals surface area contributed by atoms with Gasteiger partial charge in [-0.2, -0.15) is 0 Å². The Morgan fingerprint density at radius 2 is 1.97 bits per heavy atom. The second-order valence-corrected chi connectivity index (χ2v) is 9.70. The zero-order valence-electron chi connectivity index (χ0n) is 19.5. The first-order valence-corrected chi connectivity index (χ1v) is 11.8. The van der Waals surface area contributed by atoms with E-state index < -0.39 is 0 Å². The number of carbonyl (C=O) groups is 1. The van der Waals surface area contributed by atoms with E-state index in [1.54, 1.807) is 19.2 Å². The summed E-state index contributed by atoms with van der Waals surface area (Å²) >= 11 is 6.51. The molecule has 0 spiro atoms. The number of rotatable bonds is 8. The Morgan fingerprint density at radius 1 is 1.26 bits per heavy atom. The molecule has 1 amide bonds. The van der Waals surface area contributed by atoms with Crippen molar-refractivity contribution >= 4 is 17.5 Å². The van der Waals surface area contributed by atoms with Crippen LogP contribution in [0.1, 0.15) is 57.3 Å². The van der Waals surface area contributed by atoms with Gasteiger partial charge in [-0.15, -0.1) is 0 Å². The molecule has 2 saturated heterocycles. The molecule has 3 unspecified atom stereocenters. The number of likely N-dealkylation sites (tertiary alicyclic amines) is 1. The molecule has 1 aromatic carbocycles. The summed E-state index contributed by atoms with van der Waals surface area (Å²) in [5, 5.41) is 0.415. The molecule has 7 heteroatoms. The highest BCUT2D eigenvalue weighted by molar-refractivity contribution is 6.32. The van der Waals surface area contributed by atoms with Crippen LogP contribution in [-0.4, -0.2) is 73.9 Å². The lowest BCUT2D eigenvalue weighted by molar-refractivity contribution is -0.0715. The van der Waals surface area contributed by atoms with Gasteiger partial charge in [0.2, 0.25) is 0 Å². The van der Waals surface area contributed by atoms with E-state index in [1.165, 1.54) is 0 Å². The van der Waals surface area contributed by atoms with Crippen molar-refractivity contribution in [2.45, 2.75) is 65.2 Å². The van der Waals surface area contributed by atoms with Crippen molar-refractivity contribution in [3.63, 3.8) is 0 Å². The maximum absolute atomic E-state index is 13.4. The SMILES string of the molecule is COc1cc(C(=O)N2CCCC2CN2CC(C)OC(C)C2)cc(Cl)c1OCCC(C)C. The van der Waals surface area contributed by atoms with Gasteiger partial charge < -0.3 is 19.1 Å². The molecule has 2 fully saturated rings. The third-order valence-corrected chi connectivity index (χ3v) is 6.30. The summed E-state index contributed by atoms with van der Waals surface area (Å²) in [7, 11) is 1.58. The van der Waals surface area contributed by atoms with E-state index in [0.717, 1.165) is 45.4 Å². The van der Waals surface area contributed by atoms with Gasteiger partial charge in [-0.3, -0.25) is 9.69 Å². The summed E-state index contributed by atoms with van der Waals surface area (Å²) in [6.45, 7) is 12.5. The molecule has 3 rings (SSSR count). The van der Waals surface area contributed by atoms with Gasteiger partial charge in [0.1, 0.15) is 0 Å². The molecule has 0 radical (unpaired) electrons. The van der Waals surface area contributed by atoms with Gasteiger partial charge in [0.25, 0.3) is 5.91 Å². The summed E-state index contributed by atoms with van der Waals surface area (Å²) in [4.78, 5) is 17.8. The van der Waals surface area contributed by atoms with Crippen LogP contribution < -0.4 is 9.47 Å². The minimum absolute atomic E-state index is 0.00536. The molecule has 1 aromatic rings. The Balaban J connectivity index is 1.71. The number of hydrogen-bond donors (Lipinski definition) is 0. The monoisotopic (exact) mass is 452 g/mol. The Labute approximate surface area is 191 Å². The van der Waals surface area contributed by atoms with E-state index in [4.69, 9.17) is 25.8 Å². The first-order valence-electron chi connectivity index (χ1n) is 11.5. The molecule has 2 heterocycles. The summed E-state index contributed by atoms with van der Waals surface area (Å²) in [5.74, 6) is 1.56. The van der Waals surface area contributed by atoms with Crippen LogP contribution in [0.3, 0.4) is 0 Å². The predicted octanol–water partition coefficient (Wildman–Crippen LogP) is 4.49. The van der Waals surface area contributed by atoms with Crippen LogP contribution in [0.5, 0.6) is 11.5 Å². The van der Waals surface area contributed by atoms with Gasteiger partial charge >= 0.3 is 0 Å². The number of morpholine rings is 1. The number of hydrogen-bond acceptors (Lipinski definition) is 5. The van der Waals surface area contributed by atoms with Gasteiger partial charge in [0, 0.05) is 37.8 Å². The third-order valence-electron chi connectivity index (χ3n) is 6.02. The first-order chi connectivity index (χ1) is 14.8. The Morgan fingerprint density at radius 3 is 2.61 bits per heavy atom. The number of benzene rings is 1. The number of methoxy groups -OCH3 is 1. The Bertz CT molecular complexity index is 747. The smallest absolute Gasteiger partial charge is 0.254 e. The van der Waals surface area contributed by atoms with Crippen LogP contribution in [0.15, 0.2) is 12.1 Å². The molecule has 31 heavy (non-hydrogen) atoms. The van der Waals surface area contributed by atoms with Crippen molar-refractivity contribution < 1.29 is 19.0 Å². The first kappa shape index (κ1) is 24.1. The van der Waals surface area contributed by atoms with Crippen molar-refractivity contribution in [3.8, 4) is 11.5 Å². The van der Waals surface area contributed by atoms with E-state index in [0.29, 0.717) is 34.6 Å². The highest BCUT2D eigenvalue weighted by atomic mass is 35.5. The van der Waals surface area contributed by atoms with Crippen LogP contribution in [0.4, 0.5) is 0 Å². The van der Waals surface area contributed by atoms with E-state index in [-0.39, 0.29) is 24.2 Å². The minimum Gasteiger partial charge on any atom is -0.493 e. The average molecular weight is 453 g/mol. The topological polar surface area (TPSA) is 51.2 Å². The highest BCUT2D eigenvalue weighted by Crippen LogP contribution is 2.37. The van der Waals surface area contributed by atoms with Crippen LogP contribution in [-0.2, 0) is 4.74 Å². The average Bonchev–Trinajstić information content (AvgIpc) is 3.15. The number of nitrogens with zero attached hydrogens (tertiary/aromatic N) is 2. The highest BCUT2D eigenvalue weighted by Gasteiger charge is 2.33. The molecule has 0 aliphatic carbocycles. The fraction of sp³-hybridized carbons (Fsp3) is 0.708. The van der Waals surface area contributed by atoms with Gasteiger partial charge in [-0.05, 0) is 51.2 Å². The van der Waals surface area contributed by atoms with Crippen molar-refractivity contribution in [1.82, 2.24) is 9.80 Å². The quantitative estimate of drug-likeness (QED) is 0.581. The molecular weight excluding hydrogens is 416 g/mol. The standard InChI is InChI=1S/C24H37ClN2O4/c1-16(2)8-10-30-23-21(25)11-19(12-22(23)29-5)24(28)27-9-6-7-20(27)15-26-13-17(3)31-18(4)14-26/h11-12,16-18,20H,6-10,13-15H2,1-5H3. The minimum atomic E-state index is 0.00536. The van der Waals surface area contributed by atoms with Crippen molar-refractivity contribution in [2.75, 3.05) is 39.9 Å². The molecule has 6 nitrogen and oxygen atoms in total. The Hall–Kier alpha value is -1.50. The lowest BCUT2D eigenvalue weighted by Gasteiger charge is -2.38. The number of ether oxygens (including phenoxy) is 3. The maximum atomic E-state index is 13.4. The van der Waals surface area contributed by atoms with Crippen molar-refractivity contribution in [2.24, 2.45) is 5.92 Å². The van der Waals surface area contributed by atoms with Crippen molar-refractivity contribution in [1.29, 1.82) is 0 Å². The number of halogens is 1. The van der Waals surface area contributed by atoms with Gasteiger partial charge in [0.15, 0.2) is 11.5 Å². The van der Waals surface area contributed by atoms with E-state index >= 15 is 0 Å². The second kappa shape index (κ2) is 10.9. The van der Waals surface area contributed by atoms with Crippen LogP contribution in [0.2, 0.25) is 5.02 Å². The summed E-state index contributed by atoms with van der Waals surface area (Å²) in [6.07, 6.45) is 3.41. The molecule has 0 bridgehead atoms. The molecule has 0 aromatic heterocycles. The van der Waals surface area contributed by atoms with E-state index in [1.807, 2.05) is 4.90 Å². The third kappa shape index (κ3) is 6.27. The summed E-state index contributed by atoms with van der Waals surface area (Å²) < 4.78 is 17.2. The lowest BCUT2D eigenvalue weighted by Crippen LogP contribution is -2.50. The molecular formula is C24H37ClN2O4. The normalized spacial score (nSPS) is 24.6. The zero-order valence-corrected chi connectivity index (χ0v) is 20.3. The molecule has 2 aliphatic heterocycles. The Kier molecular flexibility index (Phi) is 8.48. The van der Waals surface area contributed by atoms with Crippen molar-refractivity contribution in [3.05, 3.63) is 22.7 Å².